The number of para-hydroxylation sites is 2. The quantitative estimate of drug-likeness (QED) is 0.773. The molecule has 1 heterocycles. The normalized spacial score (nSPS) is 10.7. The van der Waals surface area contributed by atoms with E-state index in [-0.39, 0.29) is 5.91 Å². The Labute approximate surface area is 117 Å². The minimum atomic E-state index is 0.0720. The van der Waals surface area contributed by atoms with Crippen molar-refractivity contribution in [2.24, 2.45) is 0 Å². The summed E-state index contributed by atoms with van der Waals surface area (Å²) in [5.74, 6) is 0.0720. The van der Waals surface area contributed by atoms with E-state index in [2.05, 4.69) is 4.98 Å². The van der Waals surface area contributed by atoms with E-state index in [9.17, 15) is 4.79 Å². The highest BCUT2D eigenvalue weighted by Crippen LogP contribution is 2.17. The molecule has 0 aliphatic rings. The lowest BCUT2D eigenvalue weighted by Crippen LogP contribution is -2.27. The van der Waals surface area contributed by atoms with Crippen LogP contribution in [0.15, 0.2) is 60.7 Å². The third kappa shape index (κ3) is 2.43. The third-order valence-electron chi connectivity index (χ3n) is 3.45. The SMILES string of the molecule is CN(C(=O)Cc1cc2ccccc2[nH]1)c1ccccc1. The van der Waals surface area contributed by atoms with Crippen LogP contribution in [-0.4, -0.2) is 17.9 Å². The topological polar surface area (TPSA) is 36.1 Å². The summed E-state index contributed by atoms with van der Waals surface area (Å²) in [6.45, 7) is 0. The van der Waals surface area contributed by atoms with Gasteiger partial charge in [-0.15, -0.1) is 0 Å². The van der Waals surface area contributed by atoms with Gasteiger partial charge in [-0.2, -0.15) is 0 Å². The molecular formula is C17H16N2O. The number of rotatable bonds is 3. The van der Waals surface area contributed by atoms with Crippen LogP contribution < -0.4 is 4.90 Å². The highest BCUT2D eigenvalue weighted by atomic mass is 16.2. The number of hydrogen-bond acceptors (Lipinski definition) is 1. The Balaban J connectivity index is 1.78. The zero-order valence-electron chi connectivity index (χ0n) is 11.3. The molecule has 0 atom stereocenters. The first kappa shape index (κ1) is 12.5. The van der Waals surface area contributed by atoms with Crippen LogP contribution in [0.2, 0.25) is 0 Å². The number of carbonyl (C=O) groups excluding carboxylic acids is 1. The van der Waals surface area contributed by atoms with Crippen molar-refractivity contribution in [3.63, 3.8) is 0 Å². The summed E-state index contributed by atoms with van der Waals surface area (Å²) in [7, 11) is 1.81. The number of aromatic amines is 1. The fourth-order valence-electron chi connectivity index (χ4n) is 2.31. The van der Waals surface area contributed by atoms with Gasteiger partial charge in [0.1, 0.15) is 0 Å². The van der Waals surface area contributed by atoms with Crippen LogP contribution in [0.3, 0.4) is 0 Å². The van der Waals surface area contributed by atoms with Gasteiger partial charge in [-0.3, -0.25) is 4.79 Å². The van der Waals surface area contributed by atoms with Crippen molar-refractivity contribution in [1.82, 2.24) is 4.98 Å². The van der Waals surface area contributed by atoms with Gasteiger partial charge in [-0.1, -0.05) is 36.4 Å². The molecule has 100 valence electrons. The molecule has 0 spiro atoms. The average molecular weight is 264 g/mol. The third-order valence-corrected chi connectivity index (χ3v) is 3.45. The summed E-state index contributed by atoms with van der Waals surface area (Å²) in [6.07, 6.45) is 0.375. The molecule has 0 fully saturated rings. The largest absolute Gasteiger partial charge is 0.358 e. The Morgan fingerprint density at radius 3 is 2.50 bits per heavy atom. The molecule has 3 rings (SSSR count). The Morgan fingerprint density at radius 2 is 1.75 bits per heavy atom. The molecule has 1 amide bonds. The summed E-state index contributed by atoms with van der Waals surface area (Å²) in [4.78, 5) is 17.3. The second-order valence-electron chi connectivity index (χ2n) is 4.85. The van der Waals surface area contributed by atoms with Gasteiger partial charge in [0.05, 0.1) is 6.42 Å². The van der Waals surface area contributed by atoms with Gasteiger partial charge in [0, 0.05) is 23.9 Å². The number of carbonyl (C=O) groups is 1. The molecule has 1 N–H and O–H groups in total. The van der Waals surface area contributed by atoms with Gasteiger partial charge in [0.15, 0.2) is 0 Å². The van der Waals surface area contributed by atoms with Gasteiger partial charge < -0.3 is 9.88 Å². The molecule has 0 saturated heterocycles. The van der Waals surface area contributed by atoms with Crippen LogP contribution in [0, 0.1) is 0 Å². The van der Waals surface area contributed by atoms with E-state index in [0.29, 0.717) is 6.42 Å². The highest BCUT2D eigenvalue weighted by molar-refractivity contribution is 5.94. The van der Waals surface area contributed by atoms with Crippen molar-refractivity contribution in [1.29, 1.82) is 0 Å². The van der Waals surface area contributed by atoms with E-state index >= 15 is 0 Å². The number of likely N-dealkylation sites (N-methyl/N-ethyl adjacent to an activating group) is 1. The van der Waals surface area contributed by atoms with Gasteiger partial charge >= 0.3 is 0 Å². The molecule has 0 saturated carbocycles. The van der Waals surface area contributed by atoms with Crippen molar-refractivity contribution in [3.8, 4) is 0 Å². The average Bonchev–Trinajstić information content (AvgIpc) is 2.89. The Hall–Kier alpha value is -2.55. The molecule has 0 radical (unpaired) electrons. The minimum Gasteiger partial charge on any atom is -0.358 e. The van der Waals surface area contributed by atoms with Crippen LogP contribution in [0.1, 0.15) is 5.69 Å². The van der Waals surface area contributed by atoms with Crippen molar-refractivity contribution in [3.05, 3.63) is 66.4 Å². The van der Waals surface area contributed by atoms with Crippen LogP contribution in [0.4, 0.5) is 5.69 Å². The zero-order chi connectivity index (χ0) is 13.9. The highest BCUT2D eigenvalue weighted by Gasteiger charge is 2.12. The maximum absolute atomic E-state index is 12.3. The Bertz CT molecular complexity index is 698. The molecule has 20 heavy (non-hydrogen) atoms. The predicted octanol–water partition coefficient (Wildman–Crippen LogP) is 3.37. The summed E-state index contributed by atoms with van der Waals surface area (Å²) in [6, 6.07) is 19.8. The summed E-state index contributed by atoms with van der Waals surface area (Å²) in [5, 5.41) is 1.14. The second-order valence-corrected chi connectivity index (χ2v) is 4.85. The summed E-state index contributed by atoms with van der Waals surface area (Å²) >= 11 is 0. The molecule has 2 aromatic carbocycles. The lowest BCUT2D eigenvalue weighted by Gasteiger charge is -2.16. The molecular weight excluding hydrogens is 248 g/mol. The first-order chi connectivity index (χ1) is 9.74. The molecule has 0 aliphatic carbocycles. The van der Waals surface area contributed by atoms with Crippen molar-refractivity contribution in [2.75, 3.05) is 11.9 Å². The molecule has 0 unspecified atom stereocenters. The maximum atomic E-state index is 12.3. The van der Waals surface area contributed by atoms with E-state index in [0.717, 1.165) is 22.3 Å². The first-order valence-corrected chi connectivity index (χ1v) is 6.62. The van der Waals surface area contributed by atoms with Crippen molar-refractivity contribution >= 4 is 22.5 Å². The van der Waals surface area contributed by atoms with Crippen molar-refractivity contribution in [2.45, 2.75) is 6.42 Å². The van der Waals surface area contributed by atoms with Crippen LogP contribution in [0.5, 0.6) is 0 Å². The predicted molar refractivity (Wildman–Crippen MR) is 81.9 cm³/mol. The molecule has 3 aromatic rings. The number of aromatic nitrogens is 1. The van der Waals surface area contributed by atoms with E-state index in [1.54, 1.807) is 11.9 Å². The molecule has 3 heteroatoms. The number of amides is 1. The van der Waals surface area contributed by atoms with E-state index in [1.807, 2.05) is 60.7 Å². The first-order valence-electron chi connectivity index (χ1n) is 6.62. The molecule has 0 bridgehead atoms. The van der Waals surface area contributed by atoms with Gasteiger partial charge in [-0.05, 0) is 29.7 Å². The monoisotopic (exact) mass is 264 g/mol. The zero-order valence-corrected chi connectivity index (χ0v) is 11.3. The molecule has 3 nitrogen and oxygen atoms in total. The van der Waals surface area contributed by atoms with E-state index in [1.165, 1.54) is 0 Å². The van der Waals surface area contributed by atoms with Gasteiger partial charge in [-0.25, -0.2) is 0 Å². The van der Waals surface area contributed by atoms with Crippen LogP contribution >= 0.6 is 0 Å². The number of fused-ring (bicyclic) bond motifs is 1. The maximum Gasteiger partial charge on any atom is 0.232 e. The second kappa shape index (κ2) is 5.21. The summed E-state index contributed by atoms with van der Waals surface area (Å²) < 4.78 is 0. The van der Waals surface area contributed by atoms with Crippen LogP contribution in [-0.2, 0) is 11.2 Å². The molecule has 0 aliphatic heterocycles. The number of nitrogens with zero attached hydrogens (tertiary/aromatic N) is 1. The number of nitrogens with one attached hydrogen (secondary N) is 1. The van der Waals surface area contributed by atoms with Crippen molar-refractivity contribution < 1.29 is 4.79 Å². The van der Waals surface area contributed by atoms with E-state index < -0.39 is 0 Å². The fraction of sp³-hybridized carbons (Fsp3) is 0.118. The minimum absolute atomic E-state index is 0.0720. The number of hydrogen-bond donors (Lipinski definition) is 1. The fourth-order valence-corrected chi connectivity index (χ4v) is 2.31. The van der Waals surface area contributed by atoms with E-state index in [4.69, 9.17) is 0 Å². The Morgan fingerprint density at radius 1 is 1.05 bits per heavy atom. The number of H-pyrrole nitrogens is 1. The van der Waals surface area contributed by atoms with Gasteiger partial charge in [0.25, 0.3) is 0 Å². The lowest BCUT2D eigenvalue weighted by molar-refractivity contribution is -0.117. The standard InChI is InChI=1S/C17H16N2O/c1-19(15-8-3-2-4-9-15)17(20)12-14-11-13-7-5-6-10-16(13)18-14/h2-11,18H,12H2,1H3. The number of anilines is 1. The number of benzene rings is 2. The van der Waals surface area contributed by atoms with Crippen LogP contribution in [0.25, 0.3) is 10.9 Å². The van der Waals surface area contributed by atoms with Gasteiger partial charge in [0.2, 0.25) is 5.91 Å². The summed E-state index contributed by atoms with van der Waals surface area (Å²) in [5.41, 5.74) is 2.92. The lowest BCUT2D eigenvalue weighted by atomic mass is 10.2. The molecule has 1 aromatic heterocycles. The Kier molecular flexibility index (Phi) is 3.25. The smallest absolute Gasteiger partial charge is 0.232 e.